The van der Waals surface area contributed by atoms with Crippen molar-refractivity contribution in [3.05, 3.63) is 34.4 Å². The minimum absolute atomic E-state index is 0.0218. The first-order chi connectivity index (χ1) is 9.94. The number of nitrogen functional groups attached to an aromatic ring is 1. The number of sulfonamides is 1. The van der Waals surface area contributed by atoms with Crippen LogP contribution in [0.25, 0.3) is 0 Å². The standard InChI is InChI=1S/C9H12N6O4S2/c10-14-9-6(15(16)17)5-8(20-9)21(18,19)13-2-1-7-11-3-4-12-7/h3-5,13-14H,1-2,10H2,(H,11,12). The van der Waals surface area contributed by atoms with Crippen LogP contribution in [-0.2, 0) is 16.4 Å². The van der Waals surface area contributed by atoms with Crippen LogP contribution in [0.15, 0.2) is 22.7 Å². The van der Waals surface area contributed by atoms with Crippen LogP contribution < -0.4 is 16.0 Å². The van der Waals surface area contributed by atoms with Crippen molar-refractivity contribution >= 4 is 32.0 Å². The van der Waals surface area contributed by atoms with Gasteiger partial charge in [-0.15, -0.1) is 0 Å². The van der Waals surface area contributed by atoms with Crippen LogP contribution in [0.4, 0.5) is 10.7 Å². The van der Waals surface area contributed by atoms with Gasteiger partial charge in [0, 0.05) is 31.4 Å². The molecule has 21 heavy (non-hydrogen) atoms. The highest BCUT2D eigenvalue weighted by Crippen LogP contribution is 2.36. The normalized spacial score (nSPS) is 11.5. The number of nitrogens with one attached hydrogen (secondary N) is 3. The molecule has 0 aliphatic rings. The number of hydrogen-bond acceptors (Lipinski definition) is 8. The molecule has 2 heterocycles. The molecule has 10 nitrogen and oxygen atoms in total. The van der Waals surface area contributed by atoms with Gasteiger partial charge < -0.3 is 10.4 Å². The number of aromatic nitrogens is 2. The Morgan fingerprint density at radius 3 is 2.81 bits per heavy atom. The first-order valence-electron chi connectivity index (χ1n) is 5.67. The fourth-order valence-electron chi connectivity index (χ4n) is 1.54. The third-order valence-corrected chi connectivity index (χ3v) is 5.48. The van der Waals surface area contributed by atoms with Crippen molar-refractivity contribution in [3.63, 3.8) is 0 Å². The second kappa shape index (κ2) is 6.17. The van der Waals surface area contributed by atoms with E-state index in [0.29, 0.717) is 23.6 Å². The molecule has 0 aromatic carbocycles. The maximum absolute atomic E-state index is 12.0. The average molecular weight is 332 g/mol. The molecule has 2 rings (SSSR count). The molecule has 0 saturated heterocycles. The minimum atomic E-state index is -3.83. The van der Waals surface area contributed by atoms with E-state index in [1.54, 1.807) is 12.4 Å². The maximum Gasteiger partial charge on any atom is 0.306 e. The molecule has 0 atom stereocenters. The molecule has 0 radical (unpaired) electrons. The number of anilines is 1. The zero-order chi connectivity index (χ0) is 15.5. The summed E-state index contributed by atoms with van der Waals surface area (Å²) in [7, 11) is -3.83. The van der Waals surface area contributed by atoms with Gasteiger partial charge in [0.1, 0.15) is 10.0 Å². The number of rotatable bonds is 7. The molecule has 0 fully saturated rings. The molecule has 12 heteroatoms. The molecule has 0 aliphatic carbocycles. The van der Waals surface area contributed by atoms with E-state index in [4.69, 9.17) is 5.84 Å². The molecule has 0 amide bonds. The van der Waals surface area contributed by atoms with E-state index in [0.717, 1.165) is 6.07 Å². The number of nitrogens with two attached hydrogens (primary N) is 1. The summed E-state index contributed by atoms with van der Waals surface area (Å²) in [6.45, 7) is 0.118. The van der Waals surface area contributed by atoms with Gasteiger partial charge in [-0.3, -0.25) is 10.1 Å². The number of imidazole rings is 1. The Balaban J connectivity index is 2.10. The Morgan fingerprint density at radius 1 is 1.52 bits per heavy atom. The summed E-state index contributed by atoms with van der Waals surface area (Å²) in [6, 6.07) is 0.967. The second-order valence-corrected chi connectivity index (χ2v) is 6.91. The van der Waals surface area contributed by atoms with Gasteiger partial charge in [-0.25, -0.2) is 24.0 Å². The van der Waals surface area contributed by atoms with Crippen molar-refractivity contribution in [2.45, 2.75) is 10.6 Å². The Bertz CT molecular complexity index is 724. The summed E-state index contributed by atoms with van der Waals surface area (Å²) in [5, 5.41) is 10.8. The van der Waals surface area contributed by atoms with Gasteiger partial charge in [0.2, 0.25) is 10.0 Å². The number of H-pyrrole nitrogens is 1. The number of nitrogens with zero attached hydrogens (tertiary/aromatic N) is 2. The lowest BCUT2D eigenvalue weighted by Gasteiger charge is -2.02. The highest BCUT2D eigenvalue weighted by molar-refractivity contribution is 7.91. The van der Waals surface area contributed by atoms with Crippen molar-refractivity contribution in [2.24, 2.45) is 5.84 Å². The summed E-state index contributed by atoms with van der Waals surface area (Å²) in [5.41, 5.74) is 1.74. The van der Waals surface area contributed by atoms with E-state index in [2.05, 4.69) is 20.1 Å². The lowest BCUT2D eigenvalue weighted by Crippen LogP contribution is -2.25. The molecule has 0 aliphatic heterocycles. The van der Waals surface area contributed by atoms with E-state index in [-0.39, 0.29) is 21.4 Å². The van der Waals surface area contributed by atoms with Crippen LogP contribution in [0.5, 0.6) is 0 Å². The molecule has 0 unspecified atom stereocenters. The molecule has 0 saturated carbocycles. The van der Waals surface area contributed by atoms with Gasteiger partial charge in [0.25, 0.3) is 0 Å². The number of hydrazine groups is 1. The van der Waals surface area contributed by atoms with Crippen LogP contribution in [0.2, 0.25) is 0 Å². The molecule has 2 aromatic heterocycles. The lowest BCUT2D eigenvalue weighted by atomic mass is 10.4. The van der Waals surface area contributed by atoms with Crippen LogP contribution in [0.3, 0.4) is 0 Å². The van der Waals surface area contributed by atoms with Gasteiger partial charge in [-0.1, -0.05) is 11.3 Å². The van der Waals surface area contributed by atoms with Gasteiger partial charge in [0.05, 0.1) is 4.92 Å². The SMILES string of the molecule is NNc1sc(S(=O)(=O)NCCc2ncc[nH]2)cc1[N+](=O)[O-]. The summed E-state index contributed by atoms with van der Waals surface area (Å²) in [4.78, 5) is 16.9. The predicted molar refractivity (Wildman–Crippen MR) is 76.3 cm³/mol. The Hall–Kier alpha value is -2.02. The average Bonchev–Trinajstić information content (AvgIpc) is 3.07. The largest absolute Gasteiger partial charge is 0.349 e. The zero-order valence-electron chi connectivity index (χ0n) is 10.6. The molecule has 5 N–H and O–H groups in total. The van der Waals surface area contributed by atoms with Gasteiger partial charge >= 0.3 is 5.69 Å². The van der Waals surface area contributed by atoms with Crippen LogP contribution in [-0.4, -0.2) is 29.9 Å². The Labute approximate surface area is 123 Å². The molecule has 0 bridgehead atoms. The Kier molecular flexibility index (Phi) is 4.52. The monoisotopic (exact) mass is 332 g/mol. The van der Waals surface area contributed by atoms with E-state index in [1.807, 2.05) is 0 Å². The summed E-state index contributed by atoms with van der Waals surface area (Å²) >= 11 is 0.691. The summed E-state index contributed by atoms with van der Waals surface area (Å²) in [6.07, 6.45) is 3.57. The first-order valence-corrected chi connectivity index (χ1v) is 7.97. The topological polar surface area (TPSA) is 156 Å². The van der Waals surface area contributed by atoms with Gasteiger partial charge in [0.15, 0.2) is 5.00 Å². The second-order valence-electron chi connectivity index (χ2n) is 3.86. The summed E-state index contributed by atoms with van der Waals surface area (Å²) < 4.78 is 26.3. The first kappa shape index (κ1) is 15.4. The Morgan fingerprint density at radius 2 is 2.29 bits per heavy atom. The smallest absolute Gasteiger partial charge is 0.306 e. The van der Waals surface area contributed by atoms with Crippen molar-refractivity contribution in [3.8, 4) is 0 Å². The number of nitro groups is 1. The van der Waals surface area contributed by atoms with E-state index in [1.165, 1.54) is 0 Å². The zero-order valence-corrected chi connectivity index (χ0v) is 12.2. The molecule has 114 valence electrons. The van der Waals surface area contributed by atoms with Gasteiger partial charge in [-0.05, 0) is 0 Å². The van der Waals surface area contributed by atoms with Crippen LogP contribution in [0, 0.1) is 10.1 Å². The molecule has 0 spiro atoms. The van der Waals surface area contributed by atoms with Crippen molar-refractivity contribution in [2.75, 3.05) is 12.0 Å². The third kappa shape index (κ3) is 3.55. The van der Waals surface area contributed by atoms with E-state index in [9.17, 15) is 18.5 Å². The highest BCUT2D eigenvalue weighted by Gasteiger charge is 2.25. The van der Waals surface area contributed by atoms with Crippen LogP contribution in [0.1, 0.15) is 5.82 Å². The number of hydrogen-bond donors (Lipinski definition) is 4. The number of aromatic amines is 1. The third-order valence-electron chi connectivity index (χ3n) is 2.49. The fourth-order valence-corrected chi connectivity index (χ4v) is 3.85. The summed E-state index contributed by atoms with van der Waals surface area (Å²) in [5.74, 6) is 5.78. The van der Waals surface area contributed by atoms with Crippen LogP contribution >= 0.6 is 11.3 Å². The van der Waals surface area contributed by atoms with E-state index >= 15 is 0 Å². The number of thiophene rings is 1. The molecular weight excluding hydrogens is 320 g/mol. The minimum Gasteiger partial charge on any atom is -0.349 e. The van der Waals surface area contributed by atoms with Gasteiger partial charge in [-0.2, -0.15) is 0 Å². The quantitative estimate of drug-likeness (QED) is 0.320. The van der Waals surface area contributed by atoms with Crippen molar-refractivity contribution in [1.29, 1.82) is 0 Å². The molecule has 2 aromatic rings. The molecular formula is C9H12N6O4S2. The predicted octanol–water partition coefficient (Wildman–Crippen LogP) is 0.186. The van der Waals surface area contributed by atoms with E-state index < -0.39 is 14.9 Å². The maximum atomic E-state index is 12.0. The fraction of sp³-hybridized carbons (Fsp3) is 0.222. The highest BCUT2D eigenvalue weighted by atomic mass is 32.2. The lowest BCUT2D eigenvalue weighted by molar-refractivity contribution is -0.383. The van der Waals surface area contributed by atoms with Crippen molar-refractivity contribution < 1.29 is 13.3 Å². The van der Waals surface area contributed by atoms with Crippen molar-refractivity contribution in [1.82, 2.24) is 14.7 Å².